The molecule has 0 aliphatic carbocycles. The lowest BCUT2D eigenvalue weighted by atomic mass is 9.77. The Morgan fingerprint density at radius 2 is 1.78 bits per heavy atom. The van der Waals surface area contributed by atoms with Gasteiger partial charge in [0.25, 0.3) is 0 Å². The van der Waals surface area contributed by atoms with Gasteiger partial charge in [0.2, 0.25) is 0 Å². The van der Waals surface area contributed by atoms with E-state index in [1.807, 2.05) is 0 Å². The summed E-state index contributed by atoms with van der Waals surface area (Å²) in [7, 11) is 2.07. The maximum absolute atomic E-state index is 3.48. The number of hydrogen-bond acceptors (Lipinski definition) is 1. The number of aryl methyl sites for hydroxylation is 2. The molecular weight excluding hydrogens is 218 g/mol. The maximum Gasteiger partial charge on any atom is 0.0322 e. The fraction of sp³-hybridized carbons (Fsp3) is 0.647. The standard InChI is InChI=1S/C17H29N/c1-12-8-9-15(13(2)10-12)16(18-7)11-14(3)17(4,5)6/h8-10,14,16,18H,11H2,1-7H3. The van der Waals surface area contributed by atoms with Crippen molar-refractivity contribution in [2.45, 2.75) is 54.0 Å². The van der Waals surface area contributed by atoms with Crippen molar-refractivity contribution in [2.24, 2.45) is 11.3 Å². The zero-order chi connectivity index (χ0) is 13.9. The Labute approximate surface area is 113 Å². The first-order valence-corrected chi connectivity index (χ1v) is 7.00. The smallest absolute Gasteiger partial charge is 0.0322 e. The Hall–Kier alpha value is -0.820. The predicted octanol–water partition coefficient (Wildman–Crippen LogP) is 4.64. The number of rotatable bonds is 4. The minimum atomic E-state index is 0.369. The molecular formula is C17H29N. The molecule has 1 heteroatoms. The highest BCUT2D eigenvalue weighted by molar-refractivity contribution is 5.32. The van der Waals surface area contributed by atoms with Gasteiger partial charge in [0, 0.05) is 6.04 Å². The lowest BCUT2D eigenvalue weighted by molar-refractivity contribution is 0.226. The fourth-order valence-electron chi connectivity index (χ4n) is 2.32. The summed E-state index contributed by atoms with van der Waals surface area (Å²) < 4.78 is 0. The second-order valence-electron chi connectivity index (χ2n) is 6.70. The molecule has 0 spiro atoms. The van der Waals surface area contributed by atoms with Crippen LogP contribution in [0.3, 0.4) is 0 Å². The van der Waals surface area contributed by atoms with Crippen LogP contribution in [-0.4, -0.2) is 7.05 Å². The van der Waals surface area contributed by atoms with Crippen LogP contribution in [0.2, 0.25) is 0 Å². The summed E-state index contributed by atoms with van der Waals surface area (Å²) in [5, 5.41) is 3.48. The van der Waals surface area contributed by atoms with Crippen LogP contribution in [0, 0.1) is 25.2 Å². The summed E-state index contributed by atoms with van der Waals surface area (Å²) in [6.07, 6.45) is 1.18. The third-order valence-corrected chi connectivity index (χ3v) is 4.22. The van der Waals surface area contributed by atoms with Crippen LogP contribution in [0.1, 0.15) is 56.8 Å². The number of hydrogen-bond donors (Lipinski definition) is 1. The average Bonchev–Trinajstić information content (AvgIpc) is 2.25. The molecule has 0 amide bonds. The van der Waals surface area contributed by atoms with Crippen molar-refractivity contribution < 1.29 is 0 Å². The Balaban J connectivity index is 2.90. The summed E-state index contributed by atoms with van der Waals surface area (Å²) in [6.45, 7) is 13.7. The van der Waals surface area contributed by atoms with E-state index in [-0.39, 0.29) is 0 Å². The molecule has 1 aromatic rings. The first-order chi connectivity index (χ1) is 8.25. The number of nitrogens with one attached hydrogen (secondary N) is 1. The Morgan fingerprint density at radius 1 is 1.17 bits per heavy atom. The highest BCUT2D eigenvalue weighted by Gasteiger charge is 2.24. The van der Waals surface area contributed by atoms with Crippen molar-refractivity contribution in [1.82, 2.24) is 5.32 Å². The second-order valence-corrected chi connectivity index (χ2v) is 6.70. The molecule has 18 heavy (non-hydrogen) atoms. The van der Waals surface area contributed by atoms with Crippen LogP contribution >= 0.6 is 0 Å². The summed E-state index contributed by atoms with van der Waals surface area (Å²) in [5.74, 6) is 0.690. The van der Waals surface area contributed by atoms with Crippen molar-refractivity contribution in [3.05, 3.63) is 34.9 Å². The van der Waals surface area contributed by atoms with Crippen LogP contribution in [-0.2, 0) is 0 Å². The van der Waals surface area contributed by atoms with E-state index in [9.17, 15) is 0 Å². The lowest BCUT2D eigenvalue weighted by Gasteiger charge is -2.31. The van der Waals surface area contributed by atoms with Gasteiger partial charge in [0.1, 0.15) is 0 Å². The van der Waals surface area contributed by atoms with Crippen LogP contribution in [0.5, 0.6) is 0 Å². The maximum atomic E-state index is 3.48. The summed E-state index contributed by atoms with van der Waals surface area (Å²) in [6, 6.07) is 7.23. The van der Waals surface area contributed by atoms with Crippen molar-refractivity contribution in [3.8, 4) is 0 Å². The second kappa shape index (κ2) is 5.88. The van der Waals surface area contributed by atoms with Crippen molar-refractivity contribution in [1.29, 1.82) is 0 Å². The Bertz CT molecular complexity index is 387. The van der Waals surface area contributed by atoms with Crippen molar-refractivity contribution in [2.75, 3.05) is 7.05 Å². The molecule has 2 atom stereocenters. The van der Waals surface area contributed by atoms with E-state index in [1.165, 1.54) is 23.1 Å². The van der Waals surface area contributed by atoms with E-state index >= 15 is 0 Å². The van der Waals surface area contributed by atoms with Gasteiger partial charge >= 0.3 is 0 Å². The predicted molar refractivity (Wildman–Crippen MR) is 81.0 cm³/mol. The minimum Gasteiger partial charge on any atom is -0.313 e. The molecule has 0 heterocycles. The Morgan fingerprint density at radius 3 is 2.22 bits per heavy atom. The summed E-state index contributed by atoms with van der Waals surface area (Å²) in [4.78, 5) is 0. The molecule has 1 nitrogen and oxygen atoms in total. The molecule has 0 aliphatic rings. The van der Waals surface area contributed by atoms with Crippen LogP contribution < -0.4 is 5.32 Å². The van der Waals surface area contributed by atoms with Crippen LogP contribution in [0.25, 0.3) is 0 Å². The van der Waals surface area contributed by atoms with Gasteiger partial charge in [0.15, 0.2) is 0 Å². The van der Waals surface area contributed by atoms with E-state index in [2.05, 4.69) is 72.1 Å². The normalized spacial score (nSPS) is 15.5. The molecule has 0 aliphatic heterocycles. The zero-order valence-electron chi connectivity index (χ0n) is 13.1. The van der Waals surface area contributed by atoms with Crippen molar-refractivity contribution in [3.63, 3.8) is 0 Å². The van der Waals surface area contributed by atoms with Gasteiger partial charge in [-0.1, -0.05) is 51.5 Å². The van der Waals surface area contributed by atoms with Crippen molar-refractivity contribution >= 4 is 0 Å². The monoisotopic (exact) mass is 247 g/mol. The molecule has 1 aromatic carbocycles. The lowest BCUT2D eigenvalue weighted by Crippen LogP contribution is -2.25. The quantitative estimate of drug-likeness (QED) is 0.817. The molecule has 102 valence electrons. The fourth-order valence-corrected chi connectivity index (χ4v) is 2.32. The third-order valence-electron chi connectivity index (χ3n) is 4.22. The van der Waals surface area contributed by atoms with Gasteiger partial charge in [-0.15, -0.1) is 0 Å². The topological polar surface area (TPSA) is 12.0 Å². The van der Waals surface area contributed by atoms with Gasteiger partial charge in [0.05, 0.1) is 0 Å². The largest absolute Gasteiger partial charge is 0.313 e. The minimum absolute atomic E-state index is 0.369. The van der Waals surface area contributed by atoms with E-state index in [4.69, 9.17) is 0 Å². The summed E-state index contributed by atoms with van der Waals surface area (Å²) in [5.41, 5.74) is 4.55. The Kier molecular flexibility index (Phi) is 4.98. The molecule has 0 bridgehead atoms. The molecule has 0 radical (unpaired) electrons. The molecule has 1 N–H and O–H groups in total. The zero-order valence-corrected chi connectivity index (χ0v) is 13.1. The highest BCUT2D eigenvalue weighted by atomic mass is 14.9. The molecule has 1 rings (SSSR count). The van der Waals surface area contributed by atoms with Crippen LogP contribution in [0.15, 0.2) is 18.2 Å². The first kappa shape index (κ1) is 15.2. The molecule has 2 unspecified atom stereocenters. The van der Waals surface area contributed by atoms with E-state index in [0.717, 1.165) is 0 Å². The average molecular weight is 247 g/mol. The van der Waals surface area contributed by atoms with Gasteiger partial charge in [-0.2, -0.15) is 0 Å². The molecule has 0 aromatic heterocycles. The van der Waals surface area contributed by atoms with E-state index in [1.54, 1.807) is 0 Å². The van der Waals surface area contributed by atoms with E-state index in [0.29, 0.717) is 17.4 Å². The molecule has 0 saturated carbocycles. The number of benzene rings is 1. The molecule has 0 saturated heterocycles. The third kappa shape index (κ3) is 3.84. The highest BCUT2D eigenvalue weighted by Crippen LogP contribution is 2.34. The molecule has 0 fully saturated rings. The van der Waals surface area contributed by atoms with Gasteiger partial charge in [-0.25, -0.2) is 0 Å². The van der Waals surface area contributed by atoms with Gasteiger partial charge < -0.3 is 5.32 Å². The van der Waals surface area contributed by atoms with Gasteiger partial charge in [-0.05, 0) is 49.8 Å². The van der Waals surface area contributed by atoms with Crippen LogP contribution in [0.4, 0.5) is 0 Å². The summed E-state index contributed by atoms with van der Waals surface area (Å²) >= 11 is 0. The SMILES string of the molecule is CNC(CC(C)C(C)(C)C)c1ccc(C)cc1C. The van der Waals surface area contributed by atoms with E-state index < -0.39 is 0 Å². The first-order valence-electron chi connectivity index (χ1n) is 7.00. The van der Waals surface area contributed by atoms with Gasteiger partial charge in [-0.3, -0.25) is 0 Å².